The van der Waals surface area contributed by atoms with Crippen LogP contribution in [0.5, 0.6) is 17.4 Å². The number of ether oxygens (including phenoxy) is 3. The van der Waals surface area contributed by atoms with Gasteiger partial charge in [0.2, 0.25) is 11.0 Å². The molecule has 0 spiro atoms. The van der Waals surface area contributed by atoms with Gasteiger partial charge in [0.25, 0.3) is 0 Å². The zero-order chi connectivity index (χ0) is 23.2. The molecular formula is C24H27BrN4O3S. The Kier molecular flexibility index (Phi) is 7.93. The number of rotatable bonds is 9. The van der Waals surface area contributed by atoms with E-state index in [1.54, 1.807) is 18.9 Å². The number of hydrogen-bond acceptors (Lipinski definition) is 8. The second-order valence-electron chi connectivity index (χ2n) is 7.45. The minimum Gasteiger partial charge on any atom is -0.493 e. The summed E-state index contributed by atoms with van der Waals surface area (Å²) in [7, 11) is 1.62. The van der Waals surface area contributed by atoms with Gasteiger partial charge in [-0.05, 0) is 31.5 Å². The van der Waals surface area contributed by atoms with Crippen LogP contribution in [0.15, 0.2) is 46.0 Å². The summed E-state index contributed by atoms with van der Waals surface area (Å²) in [5, 5.41) is 12.9. The van der Waals surface area contributed by atoms with Gasteiger partial charge in [-0.25, -0.2) is 0 Å². The SMILES string of the molecule is CCCCCSc1nnc2c(n1)OC(c1cc(OCC)c(OC)cc1Br)Nc1ccccc1-2. The van der Waals surface area contributed by atoms with E-state index in [9.17, 15) is 0 Å². The summed E-state index contributed by atoms with van der Waals surface area (Å²) < 4.78 is 18.5. The number of para-hydroxylation sites is 1. The van der Waals surface area contributed by atoms with Gasteiger partial charge in [0.1, 0.15) is 0 Å². The van der Waals surface area contributed by atoms with E-state index in [-0.39, 0.29) is 0 Å². The van der Waals surface area contributed by atoms with Crippen molar-refractivity contribution >= 4 is 33.4 Å². The molecule has 2 heterocycles. The van der Waals surface area contributed by atoms with Gasteiger partial charge in [0.15, 0.2) is 23.4 Å². The van der Waals surface area contributed by atoms with Crippen LogP contribution in [-0.4, -0.2) is 34.7 Å². The standard InChI is InChI=1S/C24H27BrN4O3S/c1-4-6-9-12-33-24-27-23-21(28-29-24)15-10-7-8-11-18(15)26-22(32-23)16-13-20(31-5-2)19(30-3)14-17(16)25/h7-8,10-11,13-14,22,26H,4-6,9,12H2,1-3H3. The Morgan fingerprint density at radius 3 is 2.76 bits per heavy atom. The van der Waals surface area contributed by atoms with E-state index >= 15 is 0 Å². The topological polar surface area (TPSA) is 78.4 Å². The first-order chi connectivity index (χ1) is 16.1. The number of benzene rings is 2. The van der Waals surface area contributed by atoms with Crippen LogP contribution < -0.4 is 19.5 Å². The first-order valence-electron chi connectivity index (χ1n) is 11.0. The summed E-state index contributed by atoms with van der Waals surface area (Å²) in [5.74, 6) is 2.70. The zero-order valence-electron chi connectivity index (χ0n) is 18.9. The van der Waals surface area contributed by atoms with Crippen LogP contribution >= 0.6 is 27.7 Å². The maximum absolute atomic E-state index is 6.42. The summed E-state index contributed by atoms with van der Waals surface area (Å²) >= 11 is 5.27. The number of nitrogens with zero attached hydrogens (tertiary/aromatic N) is 3. The van der Waals surface area contributed by atoms with E-state index in [0.29, 0.717) is 34.8 Å². The monoisotopic (exact) mass is 530 g/mol. The van der Waals surface area contributed by atoms with E-state index in [0.717, 1.165) is 33.5 Å². The summed E-state index contributed by atoms with van der Waals surface area (Å²) in [6.45, 7) is 4.66. The highest BCUT2D eigenvalue weighted by atomic mass is 79.9. The molecule has 3 aromatic rings. The lowest BCUT2D eigenvalue weighted by atomic mass is 10.1. The molecule has 1 aliphatic rings. The van der Waals surface area contributed by atoms with Crippen molar-refractivity contribution in [1.82, 2.24) is 15.2 Å². The Labute approximate surface area is 206 Å². The van der Waals surface area contributed by atoms with Gasteiger partial charge in [0, 0.05) is 27.0 Å². The number of hydrogen-bond donors (Lipinski definition) is 1. The molecule has 0 saturated heterocycles. The second kappa shape index (κ2) is 11.1. The van der Waals surface area contributed by atoms with Gasteiger partial charge in [0.05, 0.1) is 13.7 Å². The summed E-state index contributed by atoms with van der Waals surface area (Å²) in [6, 6.07) is 11.7. The van der Waals surface area contributed by atoms with Gasteiger partial charge in [-0.3, -0.25) is 0 Å². The Morgan fingerprint density at radius 1 is 1.12 bits per heavy atom. The maximum atomic E-state index is 6.42. The summed E-state index contributed by atoms with van der Waals surface area (Å²) in [6.07, 6.45) is 2.96. The predicted molar refractivity (Wildman–Crippen MR) is 134 cm³/mol. The van der Waals surface area contributed by atoms with Crippen molar-refractivity contribution in [3.8, 4) is 28.6 Å². The van der Waals surface area contributed by atoms with Gasteiger partial charge in [-0.1, -0.05) is 65.7 Å². The number of methoxy groups -OCH3 is 1. The lowest BCUT2D eigenvalue weighted by molar-refractivity contribution is 0.223. The number of thioether (sulfide) groups is 1. The fourth-order valence-corrected chi connectivity index (χ4v) is 4.85. The molecule has 1 N–H and O–H groups in total. The molecule has 0 saturated carbocycles. The number of fused-ring (bicyclic) bond motifs is 3. The molecule has 1 aliphatic heterocycles. The van der Waals surface area contributed by atoms with E-state index < -0.39 is 6.23 Å². The third kappa shape index (κ3) is 5.35. The van der Waals surface area contributed by atoms with Crippen molar-refractivity contribution in [2.45, 2.75) is 44.5 Å². The Balaban J connectivity index is 1.73. The third-order valence-corrected chi connectivity index (χ3v) is 6.79. The molecule has 174 valence electrons. The van der Waals surface area contributed by atoms with Crippen LogP contribution in [0.2, 0.25) is 0 Å². The number of unbranched alkanes of at least 4 members (excludes halogenated alkanes) is 2. The molecule has 0 radical (unpaired) electrons. The second-order valence-corrected chi connectivity index (χ2v) is 9.37. The van der Waals surface area contributed by atoms with Crippen molar-refractivity contribution in [1.29, 1.82) is 0 Å². The third-order valence-electron chi connectivity index (χ3n) is 5.18. The smallest absolute Gasteiger partial charge is 0.247 e. The molecule has 9 heteroatoms. The molecule has 0 amide bonds. The van der Waals surface area contributed by atoms with Gasteiger partial charge in [-0.2, -0.15) is 4.98 Å². The molecule has 0 fully saturated rings. The van der Waals surface area contributed by atoms with Gasteiger partial charge >= 0.3 is 0 Å². The van der Waals surface area contributed by atoms with Crippen molar-refractivity contribution in [2.75, 3.05) is 24.8 Å². The fourth-order valence-electron chi connectivity index (χ4n) is 3.54. The summed E-state index contributed by atoms with van der Waals surface area (Å²) in [4.78, 5) is 4.72. The number of anilines is 1. The molecule has 4 rings (SSSR count). The van der Waals surface area contributed by atoms with Gasteiger partial charge < -0.3 is 19.5 Å². The molecule has 2 aromatic carbocycles. The predicted octanol–water partition coefficient (Wildman–Crippen LogP) is 6.49. The molecule has 33 heavy (non-hydrogen) atoms. The average molecular weight is 531 g/mol. The van der Waals surface area contributed by atoms with Crippen molar-refractivity contribution in [2.24, 2.45) is 0 Å². The van der Waals surface area contributed by atoms with Crippen LogP contribution in [0.25, 0.3) is 11.3 Å². The minimum atomic E-state index is -0.526. The zero-order valence-corrected chi connectivity index (χ0v) is 21.3. The van der Waals surface area contributed by atoms with Crippen LogP contribution in [0.1, 0.15) is 44.9 Å². The quantitative estimate of drug-likeness (QED) is 0.248. The van der Waals surface area contributed by atoms with E-state index in [4.69, 9.17) is 19.2 Å². The molecule has 0 aliphatic carbocycles. The first-order valence-corrected chi connectivity index (χ1v) is 12.8. The Hall–Kier alpha value is -2.52. The first kappa shape index (κ1) is 23.6. The molecule has 1 aromatic heterocycles. The largest absolute Gasteiger partial charge is 0.493 e. The van der Waals surface area contributed by atoms with Crippen molar-refractivity contribution in [3.05, 3.63) is 46.4 Å². The lowest BCUT2D eigenvalue weighted by Gasteiger charge is -2.22. The van der Waals surface area contributed by atoms with E-state index in [2.05, 4.69) is 38.4 Å². The Bertz CT molecular complexity index is 1120. The number of aromatic nitrogens is 3. The molecule has 1 atom stereocenters. The van der Waals surface area contributed by atoms with Gasteiger partial charge in [-0.15, -0.1) is 10.2 Å². The number of halogens is 1. The molecule has 7 nitrogen and oxygen atoms in total. The van der Waals surface area contributed by atoms with Crippen molar-refractivity contribution in [3.63, 3.8) is 0 Å². The normalized spacial score (nSPS) is 14.4. The van der Waals surface area contributed by atoms with E-state index in [1.165, 1.54) is 12.8 Å². The van der Waals surface area contributed by atoms with Crippen molar-refractivity contribution < 1.29 is 14.2 Å². The van der Waals surface area contributed by atoms with E-state index in [1.807, 2.05) is 43.3 Å². The maximum Gasteiger partial charge on any atom is 0.247 e. The molecular weight excluding hydrogens is 504 g/mol. The average Bonchev–Trinajstić information content (AvgIpc) is 2.99. The highest BCUT2D eigenvalue weighted by molar-refractivity contribution is 9.10. The highest BCUT2D eigenvalue weighted by Gasteiger charge is 2.28. The highest BCUT2D eigenvalue weighted by Crippen LogP contribution is 2.43. The van der Waals surface area contributed by atoms with Crippen LogP contribution in [0.4, 0.5) is 5.69 Å². The Morgan fingerprint density at radius 2 is 1.97 bits per heavy atom. The molecule has 1 unspecified atom stereocenters. The van der Waals surface area contributed by atoms with Crippen LogP contribution in [0.3, 0.4) is 0 Å². The minimum absolute atomic E-state index is 0.450. The fraction of sp³-hybridized carbons (Fsp3) is 0.375. The number of nitrogens with one attached hydrogen (secondary N) is 1. The van der Waals surface area contributed by atoms with Crippen LogP contribution in [-0.2, 0) is 0 Å². The molecule has 0 bridgehead atoms. The lowest BCUT2D eigenvalue weighted by Crippen LogP contribution is -2.18. The van der Waals surface area contributed by atoms with Crippen LogP contribution in [0, 0.1) is 0 Å². The summed E-state index contributed by atoms with van der Waals surface area (Å²) in [5.41, 5.74) is 3.26.